The molecule has 0 heterocycles. The largest absolute Gasteiger partial charge is 0.0683 e. The van der Waals surface area contributed by atoms with Crippen LogP contribution in [0.1, 0.15) is 436 Å². The van der Waals surface area contributed by atoms with Gasteiger partial charge in [0.2, 0.25) is 0 Å². The Hall–Kier alpha value is 0. The summed E-state index contributed by atoms with van der Waals surface area (Å²) in [7, 11) is 0. The van der Waals surface area contributed by atoms with Gasteiger partial charge in [0.25, 0.3) is 0 Å². The van der Waals surface area contributed by atoms with Gasteiger partial charge in [-0.25, -0.2) is 0 Å². The molecular weight excluding hydrogens is 781 g/mol. The van der Waals surface area contributed by atoms with Crippen LogP contribution in [0.2, 0.25) is 0 Å². The molecule has 450 valence electrons. The molecule has 65 heavy (non-hydrogen) atoms. The van der Waals surface area contributed by atoms with E-state index in [1.807, 2.05) is 388 Å². The van der Waals surface area contributed by atoms with Gasteiger partial charge in [0, 0.05) is 0 Å². The first-order chi connectivity index (χ1) is 31.7. The standard InChI is InChI=1S/C5H12.C4H10.28C2H6/c1-5(2,3)4;1-4(2)3;28*1-2/h1-4H3;4H,1-3H3;28*1-2H3. The van der Waals surface area contributed by atoms with E-state index < -0.39 is 0 Å². The highest BCUT2D eigenvalue weighted by Crippen LogP contribution is 2.08. The minimum Gasteiger partial charge on any atom is -0.0683 e. The molecule has 0 rings (SSSR count). The molecule has 0 fully saturated rings. The monoisotopic (exact) mass is 971 g/mol. The normalized spacial score (nSPS) is 4.06. The van der Waals surface area contributed by atoms with E-state index in [0.717, 1.165) is 5.92 Å². The van der Waals surface area contributed by atoms with Crippen LogP contribution in [0.15, 0.2) is 0 Å². The highest BCUT2D eigenvalue weighted by Gasteiger charge is 1.95. The second kappa shape index (κ2) is 3140. The van der Waals surface area contributed by atoms with Gasteiger partial charge >= 0.3 is 0 Å². The van der Waals surface area contributed by atoms with E-state index in [-0.39, 0.29) is 0 Å². The van der Waals surface area contributed by atoms with Crippen molar-refractivity contribution in [3.05, 3.63) is 0 Å². The van der Waals surface area contributed by atoms with Crippen LogP contribution in [-0.4, -0.2) is 0 Å². The van der Waals surface area contributed by atoms with Crippen molar-refractivity contribution in [3.63, 3.8) is 0 Å². The van der Waals surface area contributed by atoms with E-state index in [0.29, 0.717) is 5.41 Å². The van der Waals surface area contributed by atoms with Gasteiger partial charge in [0.1, 0.15) is 0 Å². The summed E-state index contributed by atoms with van der Waals surface area (Å²) in [6.45, 7) is 127. The van der Waals surface area contributed by atoms with E-state index in [9.17, 15) is 0 Å². The van der Waals surface area contributed by atoms with Crippen LogP contribution >= 0.6 is 0 Å². The lowest BCUT2D eigenvalue weighted by Gasteiger charge is -2.05. The highest BCUT2D eigenvalue weighted by molar-refractivity contribution is 4.47. The van der Waals surface area contributed by atoms with Crippen LogP contribution in [0.5, 0.6) is 0 Å². The summed E-state index contributed by atoms with van der Waals surface area (Å²) < 4.78 is 0. The maximum absolute atomic E-state index is 2.19. The molecule has 0 aromatic carbocycles. The van der Waals surface area contributed by atoms with E-state index in [4.69, 9.17) is 0 Å². The zero-order valence-electron chi connectivity index (χ0n) is 64.1. The van der Waals surface area contributed by atoms with Crippen LogP contribution in [-0.2, 0) is 0 Å². The molecule has 0 spiro atoms. The molecule has 0 atom stereocenters. The van der Waals surface area contributed by atoms with Crippen molar-refractivity contribution >= 4 is 0 Å². The van der Waals surface area contributed by atoms with Gasteiger partial charge in [-0.1, -0.05) is 436 Å². The number of rotatable bonds is 0. The predicted molar refractivity (Wildman–Crippen MR) is 363 cm³/mol. The van der Waals surface area contributed by atoms with Crippen LogP contribution in [0.4, 0.5) is 0 Å². The molecule has 0 amide bonds. The Kier molecular flexibility index (Phi) is 10500. The van der Waals surface area contributed by atoms with Crippen LogP contribution in [0.25, 0.3) is 0 Å². The fraction of sp³-hybridized carbons (Fsp3) is 1.00. The fourth-order valence-electron chi connectivity index (χ4n) is 0. The van der Waals surface area contributed by atoms with E-state index >= 15 is 0 Å². The fourth-order valence-corrected chi connectivity index (χ4v) is 0. The van der Waals surface area contributed by atoms with Crippen molar-refractivity contribution in [2.24, 2.45) is 11.3 Å². The van der Waals surface area contributed by atoms with E-state index in [1.165, 1.54) is 0 Å². The summed E-state index contributed by atoms with van der Waals surface area (Å²) in [6, 6.07) is 0. The maximum atomic E-state index is 2.19. The Balaban J connectivity index is -0.00000000700. The van der Waals surface area contributed by atoms with Crippen LogP contribution in [0.3, 0.4) is 0 Å². The molecule has 0 aromatic heterocycles. The first-order valence-corrected chi connectivity index (χ1v) is 31.7. The molecule has 0 radical (unpaired) electrons. The lowest BCUT2D eigenvalue weighted by atomic mass is 10.0. The smallest absolute Gasteiger partial charge is 0.0411 e. The minimum atomic E-state index is 0.500. The summed E-state index contributed by atoms with van der Waals surface area (Å²) in [5.74, 6) is 0.833. The first-order valence-electron chi connectivity index (χ1n) is 31.7. The quantitative estimate of drug-likeness (QED) is 0.227. The van der Waals surface area contributed by atoms with Crippen molar-refractivity contribution in [3.8, 4) is 0 Å². The van der Waals surface area contributed by atoms with Crippen molar-refractivity contribution in [2.75, 3.05) is 0 Å². The van der Waals surface area contributed by atoms with Crippen molar-refractivity contribution in [1.29, 1.82) is 0 Å². The number of hydrogen-bond donors (Lipinski definition) is 0. The second-order valence-corrected chi connectivity index (χ2v) is 4.73. The second-order valence-electron chi connectivity index (χ2n) is 4.73. The Morgan fingerprint density at radius 1 is 0.123 bits per heavy atom. The summed E-state index contributed by atoms with van der Waals surface area (Å²) in [5, 5.41) is 0. The maximum Gasteiger partial charge on any atom is -0.0411 e. The molecule has 0 aliphatic rings. The lowest BCUT2D eigenvalue weighted by molar-refractivity contribution is 0.469. The average Bonchev–Trinajstić information content (AvgIpc) is 3.49. The molecule has 0 aromatic rings. The highest BCUT2D eigenvalue weighted by atomic mass is 14.0. The Morgan fingerprint density at radius 2 is 0.123 bits per heavy atom. The summed E-state index contributed by atoms with van der Waals surface area (Å²) in [6.07, 6.45) is 0. The van der Waals surface area contributed by atoms with E-state index in [2.05, 4.69) is 48.5 Å². The van der Waals surface area contributed by atoms with Crippen molar-refractivity contribution < 1.29 is 0 Å². The molecule has 0 heteroatoms. The molecule has 0 unspecified atom stereocenters. The van der Waals surface area contributed by atoms with Crippen molar-refractivity contribution in [1.82, 2.24) is 0 Å². The molecule has 0 bridgehead atoms. The van der Waals surface area contributed by atoms with E-state index in [1.54, 1.807) is 0 Å². The van der Waals surface area contributed by atoms with Gasteiger partial charge in [-0.15, -0.1) is 0 Å². The van der Waals surface area contributed by atoms with Gasteiger partial charge in [-0.3, -0.25) is 0 Å². The molecule has 0 aliphatic carbocycles. The lowest BCUT2D eigenvalue weighted by Crippen LogP contribution is -1.93. The minimum absolute atomic E-state index is 0.500. The Morgan fingerprint density at radius 3 is 0.123 bits per heavy atom. The summed E-state index contributed by atoms with van der Waals surface area (Å²) >= 11 is 0. The third-order valence-corrected chi connectivity index (χ3v) is 0. The molecule has 0 aliphatic heterocycles. The molecule has 0 N–H and O–H groups in total. The molecule has 0 nitrogen and oxygen atoms in total. The average molecular weight is 972 g/mol. The SMILES string of the molecule is CC.CC.CC.CC.CC.CC.CC.CC.CC.CC.CC.CC.CC.CC.CC.CC.CC.CC.CC.CC.CC.CC.CC.CC.CC.CC.CC.CC.CC(C)(C)C.CC(C)C. The third-order valence-electron chi connectivity index (χ3n) is 0. The Bertz CT molecular complexity index is 36.8. The summed E-state index contributed by atoms with van der Waals surface area (Å²) in [4.78, 5) is 0. The van der Waals surface area contributed by atoms with Gasteiger partial charge in [-0.2, -0.15) is 0 Å². The molecule has 0 saturated heterocycles. The molecular formula is C65H190. The Labute approximate surface area is 445 Å². The van der Waals surface area contributed by atoms with Gasteiger partial charge < -0.3 is 0 Å². The van der Waals surface area contributed by atoms with Crippen LogP contribution < -0.4 is 0 Å². The van der Waals surface area contributed by atoms with Crippen LogP contribution in [0, 0.1) is 11.3 Å². The third kappa shape index (κ3) is 0. The predicted octanol–water partition coefficient (Wildman–Crippen LogP) is 32.4. The first kappa shape index (κ1) is 217. The van der Waals surface area contributed by atoms with Gasteiger partial charge in [-0.05, 0) is 11.3 Å². The zero-order chi connectivity index (χ0) is 64.1. The topological polar surface area (TPSA) is 0 Å². The van der Waals surface area contributed by atoms with Gasteiger partial charge in [0.05, 0.1) is 0 Å². The van der Waals surface area contributed by atoms with Crippen molar-refractivity contribution in [2.45, 2.75) is 436 Å². The zero-order valence-corrected chi connectivity index (χ0v) is 64.1. The number of hydrogen-bond acceptors (Lipinski definition) is 0. The molecule has 0 saturated carbocycles. The summed E-state index contributed by atoms with van der Waals surface area (Å²) in [5.41, 5.74) is 0.500. The van der Waals surface area contributed by atoms with Gasteiger partial charge in [0.15, 0.2) is 0 Å².